The number of amides is 5. The van der Waals surface area contributed by atoms with Gasteiger partial charge in [-0.15, -0.1) is 0 Å². The second-order valence-corrected chi connectivity index (χ2v) is 8.52. The lowest BCUT2D eigenvalue weighted by atomic mass is 10.0. The first kappa shape index (κ1) is 34.5. The molecule has 0 heterocycles. The van der Waals surface area contributed by atoms with Crippen LogP contribution < -0.4 is 44.6 Å². The lowest BCUT2D eigenvalue weighted by Crippen LogP contribution is -2.57. The smallest absolute Gasteiger partial charge is 0.326 e. The molecule has 0 spiro atoms. The molecule has 0 aliphatic heterocycles. The Labute approximate surface area is 223 Å². The van der Waals surface area contributed by atoms with E-state index < -0.39 is 78.5 Å². The van der Waals surface area contributed by atoms with Crippen molar-refractivity contribution in [2.24, 2.45) is 33.7 Å². The van der Waals surface area contributed by atoms with E-state index in [1.54, 1.807) is 0 Å². The first-order valence-electron chi connectivity index (χ1n) is 11.9. The molecule has 0 saturated carbocycles. The van der Waals surface area contributed by atoms with Crippen LogP contribution in [0.2, 0.25) is 0 Å². The zero-order chi connectivity index (χ0) is 30.1. The number of carboxylic acids is 2. The topological polar surface area (TPSA) is 338 Å². The number of carbonyl (C=O) groups is 7. The molecule has 220 valence electrons. The van der Waals surface area contributed by atoms with E-state index in [4.69, 9.17) is 33.8 Å². The summed E-state index contributed by atoms with van der Waals surface area (Å²) in [6.07, 6.45) is -1.89. The number of nitrogens with one attached hydrogen (secondary N) is 3. The van der Waals surface area contributed by atoms with Crippen LogP contribution in [0.25, 0.3) is 0 Å². The third-order valence-electron chi connectivity index (χ3n) is 5.19. The molecule has 5 amide bonds. The SMILES string of the molecule is NC(=O)CCC(N)C(=O)NC(CCC(N)=O)C(=O)NC(CCC(=O)O)C(=O)NC(CCCN=C(N)N)C(=O)O. The molecular weight excluding hydrogens is 522 g/mol. The normalized spacial score (nSPS) is 13.6. The van der Waals surface area contributed by atoms with Gasteiger partial charge >= 0.3 is 11.9 Å². The maximum absolute atomic E-state index is 13.0. The van der Waals surface area contributed by atoms with Crippen LogP contribution in [0, 0.1) is 0 Å². The number of hydrogen-bond donors (Lipinski definition) is 10. The summed E-state index contributed by atoms with van der Waals surface area (Å²) in [6.45, 7) is 0.0873. The van der Waals surface area contributed by atoms with Crippen molar-refractivity contribution in [2.45, 2.75) is 75.5 Å². The van der Waals surface area contributed by atoms with Crippen LogP contribution in [0.4, 0.5) is 0 Å². The lowest BCUT2D eigenvalue weighted by molar-refractivity contribution is -0.143. The maximum atomic E-state index is 13.0. The number of primary amides is 2. The van der Waals surface area contributed by atoms with Gasteiger partial charge in [0.05, 0.1) is 6.04 Å². The molecule has 0 aliphatic rings. The second kappa shape index (κ2) is 17.9. The van der Waals surface area contributed by atoms with E-state index in [9.17, 15) is 38.7 Å². The minimum Gasteiger partial charge on any atom is -0.481 e. The summed E-state index contributed by atoms with van der Waals surface area (Å²) >= 11 is 0. The summed E-state index contributed by atoms with van der Waals surface area (Å²) in [5.41, 5.74) is 26.3. The highest BCUT2D eigenvalue weighted by Crippen LogP contribution is 2.06. The van der Waals surface area contributed by atoms with Crippen LogP contribution in [-0.2, 0) is 33.6 Å². The van der Waals surface area contributed by atoms with E-state index in [1.165, 1.54) is 0 Å². The van der Waals surface area contributed by atoms with Gasteiger partial charge in [-0.2, -0.15) is 0 Å². The largest absolute Gasteiger partial charge is 0.481 e. The van der Waals surface area contributed by atoms with Gasteiger partial charge in [0.25, 0.3) is 0 Å². The fourth-order valence-corrected chi connectivity index (χ4v) is 3.11. The van der Waals surface area contributed by atoms with Crippen molar-refractivity contribution in [3.8, 4) is 0 Å². The van der Waals surface area contributed by atoms with E-state index in [-0.39, 0.29) is 51.0 Å². The Morgan fingerprint density at radius 1 is 0.641 bits per heavy atom. The van der Waals surface area contributed by atoms with Gasteiger partial charge in [-0.05, 0) is 32.1 Å². The van der Waals surface area contributed by atoms with Crippen LogP contribution >= 0.6 is 0 Å². The third kappa shape index (κ3) is 16.1. The highest BCUT2D eigenvalue weighted by molar-refractivity contribution is 5.94. The number of nitrogens with zero attached hydrogens (tertiary/aromatic N) is 1. The fourth-order valence-electron chi connectivity index (χ4n) is 3.11. The van der Waals surface area contributed by atoms with E-state index in [2.05, 4.69) is 20.9 Å². The van der Waals surface area contributed by atoms with Crippen molar-refractivity contribution in [3.05, 3.63) is 0 Å². The van der Waals surface area contributed by atoms with Crippen molar-refractivity contribution in [1.29, 1.82) is 0 Å². The summed E-state index contributed by atoms with van der Waals surface area (Å²) < 4.78 is 0. The summed E-state index contributed by atoms with van der Waals surface area (Å²) in [7, 11) is 0. The van der Waals surface area contributed by atoms with E-state index >= 15 is 0 Å². The van der Waals surface area contributed by atoms with Gasteiger partial charge < -0.3 is 54.8 Å². The Morgan fingerprint density at radius 2 is 1.10 bits per heavy atom. The molecule has 0 aromatic heterocycles. The Bertz CT molecular complexity index is 938. The predicted molar refractivity (Wildman–Crippen MR) is 135 cm³/mol. The molecular formula is C21H37N9O9. The molecule has 4 atom stereocenters. The predicted octanol–water partition coefficient (Wildman–Crippen LogP) is -4.70. The molecule has 0 aromatic rings. The zero-order valence-electron chi connectivity index (χ0n) is 21.3. The van der Waals surface area contributed by atoms with Gasteiger partial charge in [0.1, 0.15) is 18.1 Å². The molecule has 0 aromatic carbocycles. The number of aliphatic imine (C=N–C) groups is 1. The monoisotopic (exact) mass is 559 g/mol. The molecule has 18 heteroatoms. The average Bonchev–Trinajstić information content (AvgIpc) is 2.83. The van der Waals surface area contributed by atoms with Gasteiger partial charge in [0, 0.05) is 25.8 Å². The van der Waals surface area contributed by atoms with Crippen molar-refractivity contribution >= 4 is 47.4 Å². The maximum Gasteiger partial charge on any atom is 0.326 e. The Balaban J connectivity index is 5.62. The van der Waals surface area contributed by atoms with Gasteiger partial charge in [-0.1, -0.05) is 0 Å². The Kier molecular flexibility index (Phi) is 15.8. The van der Waals surface area contributed by atoms with Crippen LogP contribution in [0.3, 0.4) is 0 Å². The molecule has 0 radical (unpaired) electrons. The molecule has 0 saturated heterocycles. The molecule has 4 unspecified atom stereocenters. The first-order valence-corrected chi connectivity index (χ1v) is 11.9. The number of nitrogens with two attached hydrogens (primary N) is 5. The van der Waals surface area contributed by atoms with Gasteiger partial charge in [0.15, 0.2) is 5.96 Å². The molecule has 39 heavy (non-hydrogen) atoms. The molecule has 18 nitrogen and oxygen atoms in total. The minimum absolute atomic E-state index is 0.0854. The standard InChI is InChI=1S/C21H37N9O9/c22-10(3-6-14(23)31)17(35)28-11(4-7-15(24)32)18(36)29-12(5-8-16(33)34)19(37)30-13(20(38)39)2-1-9-27-21(25)26/h10-13H,1-9,22H2,(H2,23,31)(H2,24,32)(H,28,35)(H,29,36)(H,30,37)(H,33,34)(H,38,39)(H4,25,26,27). The summed E-state index contributed by atoms with van der Waals surface area (Å²) in [4.78, 5) is 86.8. The van der Waals surface area contributed by atoms with Gasteiger partial charge in [0.2, 0.25) is 29.5 Å². The summed E-state index contributed by atoms with van der Waals surface area (Å²) in [6, 6.07) is -5.60. The fraction of sp³-hybridized carbons (Fsp3) is 0.619. The molecule has 0 aliphatic carbocycles. The van der Waals surface area contributed by atoms with E-state index in [1.807, 2.05) is 0 Å². The summed E-state index contributed by atoms with van der Waals surface area (Å²) in [5, 5.41) is 25.3. The van der Waals surface area contributed by atoms with Crippen molar-refractivity contribution in [3.63, 3.8) is 0 Å². The van der Waals surface area contributed by atoms with Gasteiger partial charge in [-0.3, -0.25) is 33.8 Å². The number of aliphatic carboxylic acids is 2. The highest BCUT2D eigenvalue weighted by Gasteiger charge is 2.30. The zero-order valence-corrected chi connectivity index (χ0v) is 21.3. The average molecular weight is 560 g/mol. The number of guanidine groups is 1. The van der Waals surface area contributed by atoms with Crippen LogP contribution in [0.1, 0.15) is 51.4 Å². The Morgan fingerprint density at radius 3 is 1.56 bits per heavy atom. The Hall–Kier alpha value is -4.48. The van der Waals surface area contributed by atoms with Crippen molar-refractivity contribution in [1.82, 2.24) is 16.0 Å². The molecule has 0 bridgehead atoms. The van der Waals surface area contributed by atoms with Crippen molar-refractivity contribution < 1.29 is 43.8 Å². The van der Waals surface area contributed by atoms with Crippen LogP contribution in [-0.4, -0.2) is 88.4 Å². The van der Waals surface area contributed by atoms with E-state index in [0.29, 0.717) is 0 Å². The number of hydrogen-bond acceptors (Lipinski definition) is 9. The van der Waals surface area contributed by atoms with Crippen molar-refractivity contribution in [2.75, 3.05) is 6.54 Å². The first-order chi connectivity index (χ1) is 18.1. The summed E-state index contributed by atoms with van der Waals surface area (Å²) in [5.74, 6) is -7.25. The molecule has 0 fully saturated rings. The third-order valence-corrected chi connectivity index (χ3v) is 5.19. The van der Waals surface area contributed by atoms with Gasteiger partial charge in [-0.25, -0.2) is 4.79 Å². The highest BCUT2D eigenvalue weighted by atomic mass is 16.4. The number of rotatable bonds is 20. The quantitative estimate of drug-likeness (QED) is 0.0382. The second-order valence-electron chi connectivity index (χ2n) is 8.52. The minimum atomic E-state index is -1.52. The number of carboxylic acid groups (broad SMARTS) is 2. The molecule has 15 N–H and O–H groups in total. The van der Waals surface area contributed by atoms with Crippen LogP contribution in [0.15, 0.2) is 4.99 Å². The lowest BCUT2D eigenvalue weighted by Gasteiger charge is -2.25. The number of carbonyl (C=O) groups excluding carboxylic acids is 5. The van der Waals surface area contributed by atoms with Crippen LogP contribution in [0.5, 0.6) is 0 Å². The van der Waals surface area contributed by atoms with E-state index in [0.717, 1.165) is 0 Å². The molecule has 0 rings (SSSR count).